The standard InChI is InChI=1S/C31H35ClFN5O5/c1-17(29(40)36-27(16-39)20-10-21(33)13-24(11-20)43-3)38-15-19-5-4-18(12-25(19)30(38)41)28-26(32)14-34-31(37-28)35-22-6-8-23(42-2)9-7-22/h4-5,10-14,17,22-23,27,39H,6-9,15-16H2,1-3H3,(H,36,40)(H,34,35,37)/t17-,22?,23?,27-/m1/s1. The van der Waals surface area contributed by atoms with Gasteiger partial charge in [-0.1, -0.05) is 23.7 Å². The summed E-state index contributed by atoms with van der Waals surface area (Å²) in [5, 5.41) is 16.4. The second-order valence-corrected chi connectivity index (χ2v) is 11.3. The zero-order chi connectivity index (χ0) is 30.7. The van der Waals surface area contributed by atoms with Gasteiger partial charge in [0.1, 0.15) is 17.6 Å². The van der Waals surface area contributed by atoms with Crippen molar-refractivity contribution in [3.8, 4) is 17.0 Å². The summed E-state index contributed by atoms with van der Waals surface area (Å²) in [4.78, 5) is 37.2. The van der Waals surface area contributed by atoms with Crippen molar-refractivity contribution in [3.05, 3.63) is 70.1 Å². The molecule has 0 bridgehead atoms. The third kappa shape index (κ3) is 6.74. The monoisotopic (exact) mass is 611 g/mol. The molecular weight excluding hydrogens is 577 g/mol. The van der Waals surface area contributed by atoms with E-state index in [-0.39, 0.29) is 30.3 Å². The molecule has 2 amide bonds. The van der Waals surface area contributed by atoms with E-state index in [2.05, 4.69) is 20.6 Å². The third-order valence-corrected chi connectivity index (χ3v) is 8.45. The zero-order valence-electron chi connectivity index (χ0n) is 24.3. The third-order valence-electron chi connectivity index (χ3n) is 8.18. The number of methoxy groups -OCH3 is 2. The van der Waals surface area contributed by atoms with Gasteiger partial charge < -0.3 is 30.1 Å². The lowest BCUT2D eigenvalue weighted by Crippen LogP contribution is -2.46. The number of anilines is 1. The smallest absolute Gasteiger partial charge is 0.255 e. The van der Waals surface area contributed by atoms with E-state index in [0.717, 1.165) is 31.2 Å². The molecule has 10 nitrogen and oxygen atoms in total. The highest BCUT2D eigenvalue weighted by Gasteiger charge is 2.35. The summed E-state index contributed by atoms with van der Waals surface area (Å²) in [6, 6.07) is 7.87. The molecule has 2 aromatic carbocycles. The number of carbonyl (C=O) groups excluding carboxylic acids is 2. The molecule has 2 aliphatic rings. The van der Waals surface area contributed by atoms with Crippen molar-refractivity contribution in [1.29, 1.82) is 0 Å². The van der Waals surface area contributed by atoms with Crippen LogP contribution in [0.1, 0.15) is 60.1 Å². The summed E-state index contributed by atoms with van der Waals surface area (Å²) in [7, 11) is 3.14. The van der Waals surface area contributed by atoms with Crippen LogP contribution in [0.3, 0.4) is 0 Å². The van der Waals surface area contributed by atoms with E-state index in [4.69, 9.17) is 21.1 Å². The number of ether oxygens (including phenoxy) is 2. The van der Waals surface area contributed by atoms with Crippen molar-refractivity contribution >= 4 is 29.4 Å². The number of nitrogens with zero attached hydrogens (tertiary/aromatic N) is 3. The van der Waals surface area contributed by atoms with Crippen LogP contribution in [0.2, 0.25) is 5.02 Å². The Hall–Kier alpha value is -3.80. The molecule has 0 unspecified atom stereocenters. The maximum absolute atomic E-state index is 14.0. The van der Waals surface area contributed by atoms with Crippen LogP contribution in [-0.2, 0) is 16.1 Å². The molecule has 2 heterocycles. The number of rotatable bonds is 10. The first kappa shape index (κ1) is 30.7. The van der Waals surface area contributed by atoms with Crippen molar-refractivity contribution in [2.45, 2.75) is 63.4 Å². The molecule has 1 saturated carbocycles. The van der Waals surface area contributed by atoms with Crippen LogP contribution in [0.15, 0.2) is 42.6 Å². The Morgan fingerprint density at radius 3 is 2.65 bits per heavy atom. The second-order valence-electron chi connectivity index (χ2n) is 10.9. The van der Waals surface area contributed by atoms with E-state index < -0.39 is 30.4 Å². The number of hydrogen-bond acceptors (Lipinski definition) is 8. The SMILES string of the molecule is COc1cc(F)cc([C@@H](CO)NC(=O)[C@@H](C)N2Cc3ccc(-c4nc(NC5CCC(OC)CC5)ncc4Cl)cc3C2=O)c1. The normalized spacial score (nSPS) is 19.5. The number of aliphatic hydroxyl groups excluding tert-OH is 1. The molecule has 1 fully saturated rings. The highest BCUT2D eigenvalue weighted by Crippen LogP contribution is 2.33. The first-order chi connectivity index (χ1) is 20.7. The number of hydrogen-bond donors (Lipinski definition) is 3. The first-order valence-electron chi connectivity index (χ1n) is 14.2. The van der Waals surface area contributed by atoms with Gasteiger partial charge in [0.05, 0.1) is 42.8 Å². The van der Waals surface area contributed by atoms with Gasteiger partial charge in [0.25, 0.3) is 5.91 Å². The summed E-state index contributed by atoms with van der Waals surface area (Å²) in [6.07, 6.45) is 5.66. The number of fused-ring (bicyclic) bond motifs is 1. The average molecular weight is 612 g/mol. The first-order valence-corrected chi connectivity index (χ1v) is 14.6. The zero-order valence-corrected chi connectivity index (χ0v) is 25.0. The average Bonchev–Trinajstić information content (AvgIpc) is 3.35. The van der Waals surface area contributed by atoms with Gasteiger partial charge in [0.2, 0.25) is 11.9 Å². The highest BCUT2D eigenvalue weighted by atomic mass is 35.5. The largest absolute Gasteiger partial charge is 0.497 e. The van der Waals surface area contributed by atoms with E-state index in [1.54, 1.807) is 32.4 Å². The fourth-order valence-electron chi connectivity index (χ4n) is 5.62. The highest BCUT2D eigenvalue weighted by molar-refractivity contribution is 6.33. The van der Waals surface area contributed by atoms with Gasteiger partial charge in [-0.3, -0.25) is 9.59 Å². The van der Waals surface area contributed by atoms with Gasteiger partial charge in [-0.25, -0.2) is 14.4 Å². The predicted molar refractivity (Wildman–Crippen MR) is 159 cm³/mol. The Labute approximate surface area is 254 Å². The Kier molecular flexibility index (Phi) is 9.43. The van der Waals surface area contributed by atoms with E-state index in [0.29, 0.717) is 33.4 Å². The summed E-state index contributed by atoms with van der Waals surface area (Å²) in [6.45, 7) is 1.38. The van der Waals surface area contributed by atoms with E-state index in [9.17, 15) is 19.1 Å². The maximum Gasteiger partial charge on any atom is 0.255 e. The molecule has 0 saturated heterocycles. The van der Waals surface area contributed by atoms with Crippen LogP contribution in [-0.4, -0.2) is 70.8 Å². The van der Waals surface area contributed by atoms with Gasteiger partial charge in [0.15, 0.2) is 0 Å². The molecule has 1 aromatic heterocycles. The van der Waals surface area contributed by atoms with Crippen molar-refractivity contribution in [1.82, 2.24) is 20.2 Å². The summed E-state index contributed by atoms with van der Waals surface area (Å²) < 4.78 is 24.6. The molecule has 0 spiro atoms. The van der Waals surface area contributed by atoms with Crippen LogP contribution >= 0.6 is 11.6 Å². The second kappa shape index (κ2) is 13.2. The lowest BCUT2D eigenvalue weighted by molar-refractivity contribution is -0.126. The minimum atomic E-state index is -0.885. The van der Waals surface area contributed by atoms with Gasteiger partial charge in [0, 0.05) is 36.9 Å². The van der Waals surface area contributed by atoms with Gasteiger partial charge in [-0.05, 0) is 61.9 Å². The van der Waals surface area contributed by atoms with Crippen molar-refractivity contribution in [3.63, 3.8) is 0 Å². The van der Waals surface area contributed by atoms with Gasteiger partial charge in [-0.2, -0.15) is 0 Å². The van der Waals surface area contributed by atoms with Crippen LogP contribution in [0.25, 0.3) is 11.3 Å². The van der Waals surface area contributed by atoms with Crippen LogP contribution in [0.4, 0.5) is 10.3 Å². The van der Waals surface area contributed by atoms with Crippen LogP contribution in [0.5, 0.6) is 5.75 Å². The topological polar surface area (TPSA) is 126 Å². The molecule has 12 heteroatoms. The number of halogens is 2. The summed E-state index contributed by atoms with van der Waals surface area (Å²) >= 11 is 6.49. The molecule has 43 heavy (non-hydrogen) atoms. The molecule has 1 aliphatic carbocycles. The molecule has 3 aromatic rings. The number of aliphatic hydroxyl groups is 1. The van der Waals surface area contributed by atoms with E-state index in [1.807, 2.05) is 12.1 Å². The number of benzene rings is 2. The quantitative estimate of drug-likeness (QED) is 0.306. The number of amides is 2. The van der Waals surface area contributed by atoms with E-state index >= 15 is 0 Å². The lowest BCUT2D eigenvalue weighted by atomic mass is 9.93. The summed E-state index contributed by atoms with van der Waals surface area (Å²) in [5.74, 6) is -0.633. The fraction of sp³-hybridized carbons (Fsp3) is 0.419. The molecular formula is C31H35ClFN5O5. The predicted octanol–water partition coefficient (Wildman–Crippen LogP) is 4.51. The Balaban J connectivity index is 1.29. The Morgan fingerprint density at radius 1 is 1.19 bits per heavy atom. The van der Waals surface area contributed by atoms with Crippen molar-refractivity contribution in [2.24, 2.45) is 0 Å². The molecule has 5 rings (SSSR count). The van der Waals surface area contributed by atoms with Crippen molar-refractivity contribution in [2.75, 3.05) is 26.1 Å². The number of carbonyl (C=O) groups is 2. The molecule has 0 radical (unpaired) electrons. The molecule has 228 valence electrons. The van der Waals surface area contributed by atoms with Crippen LogP contribution < -0.4 is 15.4 Å². The molecule has 1 aliphatic heterocycles. The van der Waals surface area contributed by atoms with Crippen molar-refractivity contribution < 1.29 is 28.6 Å². The maximum atomic E-state index is 14.0. The number of aromatic nitrogens is 2. The lowest BCUT2D eigenvalue weighted by Gasteiger charge is -2.28. The fourth-order valence-corrected chi connectivity index (χ4v) is 5.82. The Morgan fingerprint density at radius 2 is 1.95 bits per heavy atom. The van der Waals surface area contributed by atoms with Crippen LogP contribution in [0, 0.1) is 5.82 Å². The van der Waals surface area contributed by atoms with E-state index in [1.165, 1.54) is 24.1 Å². The summed E-state index contributed by atoms with van der Waals surface area (Å²) in [5.41, 5.74) is 2.72. The Bertz CT molecular complexity index is 1500. The molecule has 2 atom stereocenters. The van der Waals surface area contributed by atoms with Gasteiger partial charge >= 0.3 is 0 Å². The molecule has 3 N–H and O–H groups in total. The number of nitrogens with one attached hydrogen (secondary N) is 2. The minimum absolute atomic E-state index is 0.231. The minimum Gasteiger partial charge on any atom is -0.497 e. The van der Waals surface area contributed by atoms with Gasteiger partial charge in [-0.15, -0.1) is 0 Å².